The van der Waals surface area contributed by atoms with Gasteiger partial charge in [0.1, 0.15) is 5.76 Å². The van der Waals surface area contributed by atoms with Crippen LogP contribution in [-0.2, 0) is 21.0 Å². The molecule has 2 aliphatic heterocycles. The monoisotopic (exact) mass is 327 g/mol. The minimum atomic E-state index is -2.95. The van der Waals surface area contributed by atoms with Gasteiger partial charge in [0.25, 0.3) is 5.91 Å². The van der Waals surface area contributed by atoms with Crippen LogP contribution in [0, 0.1) is 0 Å². The number of hydrogen-bond acceptors (Lipinski definition) is 5. The molecule has 6 nitrogen and oxygen atoms in total. The van der Waals surface area contributed by atoms with Crippen LogP contribution in [0.25, 0.3) is 0 Å². The smallest absolute Gasteiger partial charge is 0.257 e. The predicted octanol–water partition coefficient (Wildman–Crippen LogP) is 1.26. The van der Waals surface area contributed by atoms with Gasteiger partial charge in [0.2, 0.25) is 0 Å². The molecule has 1 amide bonds. The van der Waals surface area contributed by atoms with Crippen LogP contribution in [0.4, 0.5) is 0 Å². The Bertz CT molecular complexity index is 649. The first kappa shape index (κ1) is 15.6. The molecule has 1 aromatic rings. The highest BCUT2D eigenvalue weighted by Gasteiger charge is 2.43. The van der Waals surface area contributed by atoms with Crippen molar-refractivity contribution in [3.63, 3.8) is 0 Å². The molecule has 0 radical (unpaired) electrons. The number of aryl methyl sites for hydroxylation is 1. The van der Waals surface area contributed by atoms with Gasteiger partial charge in [-0.15, -0.1) is 0 Å². The van der Waals surface area contributed by atoms with Gasteiger partial charge in [0.15, 0.2) is 9.84 Å². The largest absolute Gasteiger partial charge is 0.469 e. The van der Waals surface area contributed by atoms with Gasteiger partial charge in [-0.05, 0) is 18.9 Å². The topological polar surface area (TPSA) is 76.8 Å². The molecule has 0 aliphatic carbocycles. The van der Waals surface area contributed by atoms with Crippen molar-refractivity contribution < 1.29 is 22.4 Å². The van der Waals surface area contributed by atoms with E-state index in [0.717, 1.165) is 0 Å². The van der Waals surface area contributed by atoms with Crippen molar-refractivity contribution in [1.82, 2.24) is 4.90 Å². The molecule has 2 aliphatic rings. The number of morpholine rings is 1. The molecule has 0 bridgehead atoms. The van der Waals surface area contributed by atoms with Crippen LogP contribution >= 0.6 is 0 Å². The number of carbonyl (C=O) groups is 1. The first-order valence-corrected chi connectivity index (χ1v) is 9.47. The normalized spacial score (nSPS) is 23.6. The van der Waals surface area contributed by atoms with Crippen molar-refractivity contribution in [1.29, 1.82) is 0 Å². The average Bonchev–Trinajstić information content (AvgIpc) is 2.99. The first-order chi connectivity index (χ1) is 10.4. The third kappa shape index (κ3) is 2.92. The maximum Gasteiger partial charge on any atom is 0.257 e. The maximum atomic E-state index is 12.7. The second-order valence-corrected chi connectivity index (χ2v) is 8.32. The van der Waals surface area contributed by atoms with E-state index in [1.165, 1.54) is 6.26 Å². The molecule has 22 heavy (non-hydrogen) atoms. The SMILES string of the molecule is CCc1occc1C(=O)N1CCOC2(CCS(=O)(=O)CC2)C1. The number of amides is 1. The molecule has 1 spiro atoms. The van der Waals surface area contributed by atoms with Crippen LogP contribution in [0.15, 0.2) is 16.7 Å². The van der Waals surface area contributed by atoms with Crippen LogP contribution < -0.4 is 0 Å². The fourth-order valence-electron chi connectivity index (χ4n) is 3.21. The van der Waals surface area contributed by atoms with Crippen molar-refractivity contribution in [2.75, 3.05) is 31.2 Å². The average molecular weight is 327 g/mol. The van der Waals surface area contributed by atoms with Crippen molar-refractivity contribution in [2.45, 2.75) is 31.8 Å². The number of carbonyl (C=O) groups excluding carboxylic acids is 1. The van der Waals surface area contributed by atoms with E-state index in [4.69, 9.17) is 9.15 Å². The molecule has 3 rings (SSSR count). The summed E-state index contributed by atoms with van der Waals surface area (Å²) in [6.07, 6.45) is 3.13. The fraction of sp³-hybridized carbons (Fsp3) is 0.667. The van der Waals surface area contributed by atoms with Gasteiger partial charge in [-0.25, -0.2) is 8.42 Å². The van der Waals surface area contributed by atoms with E-state index in [1.807, 2.05) is 6.92 Å². The number of hydrogen-bond donors (Lipinski definition) is 0. The van der Waals surface area contributed by atoms with E-state index in [9.17, 15) is 13.2 Å². The highest BCUT2D eigenvalue weighted by Crippen LogP contribution is 2.32. The quantitative estimate of drug-likeness (QED) is 0.817. The highest BCUT2D eigenvalue weighted by atomic mass is 32.2. The zero-order valence-corrected chi connectivity index (χ0v) is 13.5. The van der Waals surface area contributed by atoms with Gasteiger partial charge in [-0.1, -0.05) is 6.92 Å². The van der Waals surface area contributed by atoms with E-state index in [2.05, 4.69) is 0 Å². The predicted molar refractivity (Wildman–Crippen MR) is 80.6 cm³/mol. The first-order valence-electron chi connectivity index (χ1n) is 7.65. The molecule has 0 unspecified atom stereocenters. The van der Waals surface area contributed by atoms with Gasteiger partial charge < -0.3 is 14.1 Å². The summed E-state index contributed by atoms with van der Waals surface area (Å²) >= 11 is 0. The third-order valence-corrected chi connectivity index (χ3v) is 6.22. The maximum absolute atomic E-state index is 12.7. The molecule has 3 heterocycles. The van der Waals surface area contributed by atoms with Gasteiger partial charge in [0.05, 0.1) is 42.1 Å². The lowest BCUT2D eigenvalue weighted by molar-refractivity contribution is -0.104. The Morgan fingerprint density at radius 3 is 2.77 bits per heavy atom. The zero-order valence-electron chi connectivity index (χ0n) is 12.7. The summed E-state index contributed by atoms with van der Waals surface area (Å²) in [6.45, 7) is 3.38. The van der Waals surface area contributed by atoms with Crippen LogP contribution in [0.1, 0.15) is 35.9 Å². The molecular weight excluding hydrogens is 306 g/mol. The lowest BCUT2D eigenvalue weighted by atomic mass is 9.94. The standard InChI is InChI=1S/C15H21NO5S/c1-2-13-12(3-7-20-13)14(17)16-6-8-21-15(11-16)4-9-22(18,19)10-5-15/h3,7H,2,4-6,8-11H2,1H3. The summed E-state index contributed by atoms with van der Waals surface area (Å²) in [5.74, 6) is 0.917. The summed E-state index contributed by atoms with van der Waals surface area (Å²) in [7, 11) is -2.95. The summed E-state index contributed by atoms with van der Waals surface area (Å²) in [5.41, 5.74) is 0.0954. The van der Waals surface area contributed by atoms with E-state index >= 15 is 0 Å². The molecular formula is C15H21NO5S. The van der Waals surface area contributed by atoms with Crippen molar-refractivity contribution in [3.05, 3.63) is 23.7 Å². The van der Waals surface area contributed by atoms with Gasteiger partial charge in [-0.2, -0.15) is 0 Å². The Hall–Kier alpha value is -1.34. The van der Waals surface area contributed by atoms with E-state index < -0.39 is 15.4 Å². The lowest BCUT2D eigenvalue weighted by Gasteiger charge is -2.44. The van der Waals surface area contributed by atoms with Crippen LogP contribution in [-0.4, -0.2) is 56.0 Å². The molecule has 0 saturated carbocycles. The second-order valence-electron chi connectivity index (χ2n) is 6.02. The van der Waals surface area contributed by atoms with E-state index in [1.54, 1.807) is 11.0 Å². The van der Waals surface area contributed by atoms with E-state index in [-0.39, 0.29) is 17.4 Å². The van der Waals surface area contributed by atoms with Crippen molar-refractivity contribution in [3.8, 4) is 0 Å². The summed E-state index contributed by atoms with van der Waals surface area (Å²) in [6, 6.07) is 1.70. The minimum absolute atomic E-state index is 0.0540. The number of furan rings is 1. The Morgan fingerprint density at radius 1 is 1.36 bits per heavy atom. The molecule has 1 aromatic heterocycles. The zero-order chi connectivity index (χ0) is 15.8. The van der Waals surface area contributed by atoms with Gasteiger partial charge in [0, 0.05) is 13.0 Å². The molecule has 2 saturated heterocycles. The summed E-state index contributed by atoms with van der Waals surface area (Å²) in [5, 5.41) is 0. The molecule has 7 heteroatoms. The lowest BCUT2D eigenvalue weighted by Crippen LogP contribution is -2.56. The molecule has 2 fully saturated rings. The molecule has 0 aromatic carbocycles. The number of ether oxygens (including phenoxy) is 1. The Labute approximate surface area is 130 Å². The van der Waals surface area contributed by atoms with Crippen molar-refractivity contribution in [2.24, 2.45) is 0 Å². The Kier molecular flexibility index (Phi) is 4.03. The molecule has 0 N–H and O–H groups in total. The summed E-state index contributed by atoms with van der Waals surface area (Å²) in [4.78, 5) is 14.5. The van der Waals surface area contributed by atoms with Crippen LogP contribution in [0.3, 0.4) is 0 Å². The highest BCUT2D eigenvalue weighted by molar-refractivity contribution is 7.91. The third-order valence-electron chi connectivity index (χ3n) is 4.57. The Balaban J connectivity index is 1.75. The molecule has 122 valence electrons. The molecule has 0 atom stereocenters. The number of nitrogens with zero attached hydrogens (tertiary/aromatic N) is 1. The van der Waals surface area contributed by atoms with Crippen LogP contribution in [0.2, 0.25) is 0 Å². The van der Waals surface area contributed by atoms with Gasteiger partial charge >= 0.3 is 0 Å². The fourth-order valence-corrected chi connectivity index (χ4v) is 4.78. The van der Waals surface area contributed by atoms with Crippen molar-refractivity contribution >= 4 is 15.7 Å². The van der Waals surface area contributed by atoms with Crippen LogP contribution in [0.5, 0.6) is 0 Å². The number of sulfone groups is 1. The minimum Gasteiger partial charge on any atom is -0.469 e. The van der Waals surface area contributed by atoms with Gasteiger partial charge in [-0.3, -0.25) is 4.79 Å². The Morgan fingerprint density at radius 2 is 2.09 bits per heavy atom. The number of rotatable bonds is 2. The second kappa shape index (κ2) is 5.70. The van der Waals surface area contributed by atoms with E-state index in [0.29, 0.717) is 50.3 Å². The summed E-state index contributed by atoms with van der Waals surface area (Å²) < 4.78 is 34.4.